The van der Waals surface area contributed by atoms with Crippen LogP contribution in [0.4, 0.5) is 4.39 Å². The van der Waals surface area contributed by atoms with E-state index in [0.29, 0.717) is 11.8 Å². The Bertz CT molecular complexity index is 113. The Hall–Kier alpha value is -0.110. The molecular formula is C6H10FN. The van der Waals surface area contributed by atoms with E-state index in [1.807, 2.05) is 0 Å². The third-order valence-electron chi connectivity index (χ3n) is 2.42. The second kappa shape index (κ2) is 1.24. The van der Waals surface area contributed by atoms with Crippen LogP contribution < -0.4 is 5.73 Å². The molecule has 2 aliphatic rings. The molecule has 0 bridgehead atoms. The number of nitrogens with two attached hydrogens (primary N) is 1. The molecule has 0 aliphatic heterocycles. The van der Waals surface area contributed by atoms with Crippen LogP contribution in [0.2, 0.25) is 0 Å². The van der Waals surface area contributed by atoms with Gasteiger partial charge in [-0.25, -0.2) is 4.39 Å². The van der Waals surface area contributed by atoms with Crippen molar-refractivity contribution in [3.8, 4) is 0 Å². The topological polar surface area (TPSA) is 26.0 Å². The highest BCUT2D eigenvalue weighted by atomic mass is 19.1. The highest BCUT2D eigenvalue weighted by Crippen LogP contribution is 2.51. The summed E-state index contributed by atoms with van der Waals surface area (Å²) in [5.41, 5.74) is 5.49. The van der Waals surface area contributed by atoms with Crippen LogP contribution in [0.5, 0.6) is 0 Å². The van der Waals surface area contributed by atoms with E-state index in [0.717, 1.165) is 6.42 Å². The maximum absolute atomic E-state index is 12.5. The summed E-state index contributed by atoms with van der Waals surface area (Å²) in [5, 5.41) is 0. The van der Waals surface area contributed by atoms with Crippen molar-refractivity contribution in [1.82, 2.24) is 0 Å². The standard InChI is InChI=1S/C6H10FN/c7-5-2-3-1-4(3)6(5)8/h3-6H,1-2,8H2/t3-,4+,5+,6+/m1/s1. The molecule has 0 aromatic heterocycles. The van der Waals surface area contributed by atoms with E-state index in [2.05, 4.69) is 0 Å². The van der Waals surface area contributed by atoms with Crippen LogP contribution in [0.15, 0.2) is 0 Å². The Kier molecular flexibility index (Phi) is 0.734. The largest absolute Gasteiger partial charge is 0.325 e. The maximum Gasteiger partial charge on any atom is 0.116 e. The lowest BCUT2D eigenvalue weighted by atomic mass is 10.2. The SMILES string of the molecule is N[C@H]1[C@H]2C[C@@H]2C[C@@H]1F. The van der Waals surface area contributed by atoms with Crippen molar-refractivity contribution in [3.63, 3.8) is 0 Å². The molecule has 0 radical (unpaired) electrons. The number of hydrogen-bond donors (Lipinski definition) is 1. The molecule has 2 fully saturated rings. The van der Waals surface area contributed by atoms with Gasteiger partial charge in [0.05, 0.1) is 0 Å². The van der Waals surface area contributed by atoms with Gasteiger partial charge in [0.2, 0.25) is 0 Å². The van der Waals surface area contributed by atoms with E-state index in [1.54, 1.807) is 0 Å². The minimum Gasteiger partial charge on any atom is -0.325 e. The van der Waals surface area contributed by atoms with Crippen molar-refractivity contribution >= 4 is 0 Å². The number of halogens is 1. The smallest absolute Gasteiger partial charge is 0.116 e. The zero-order valence-electron chi connectivity index (χ0n) is 4.68. The molecule has 0 unspecified atom stereocenters. The zero-order chi connectivity index (χ0) is 5.72. The summed E-state index contributed by atoms with van der Waals surface area (Å²) >= 11 is 0. The molecule has 46 valence electrons. The fraction of sp³-hybridized carbons (Fsp3) is 1.00. The van der Waals surface area contributed by atoms with Crippen LogP contribution in [-0.4, -0.2) is 12.2 Å². The molecule has 0 aromatic rings. The van der Waals surface area contributed by atoms with Gasteiger partial charge in [0.1, 0.15) is 6.17 Å². The number of hydrogen-bond acceptors (Lipinski definition) is 1. The van der Waals surface area contributed by atoms with Crippen molar-refractivity contribution in [1.29, 1.82) is 0 Å². The Morgan fingerprint density at radius 2 is 2.12 bits per heavy atom. The van der Waals surface area contributed by atoms with E-state index >= 15 is 0 Å². The van der Waals surface area contributed by atoms with Gasteiger partial charge in [-0.05, 0) is 24.7 Å². The summed E-state index contributed by atoms with van der Waals surface area (Å²) in [6, 6.07) is -0.111. The summed E-state index contributed by atoms with van der Waals surface area (Å²) in [7, 11) is 0. The molecule has 0 heterocycles. The lowest BCUT2D eigenvalue weighted by Gasteiger charge is -2.07. The van der Waals surface area contributed by atoms with Gasteiger partial charge in [-0.2, -0.15) is 0 Å². The first-order valence-electron chi connectivity index (χ1n) is 3.18. The summed E-state index contributed by atoms with van der Waals surface area (Å²) in [4.78, 5) is 0. The van der Waals surface area contributed by atoms with E-state index in [4.69, 9.17) is 5.73 Å². The average molecular weight is 115 g/mol. The molecule has 0 spiro atoms. The van der Waals surface area contributed by atoms with Gasteiger partial charge in [-0.1, -0.05) is 0 Å². The highest BCUT2D eigenvalue weighted by molar-refractivity contribution is 5.04. The third kappa shape index (κ3) is 0.440. The van der Waals surface area contributed by atoms with Crippen molar-refractivity contribution in [2.24, 2.45) is 17.6 Å². The molecule has 0 aromatic carbocycles. The highest BCUT2D eigenvalue weighted by Gasteiger charge is 2.52. The van der Waals surface area contributed by atoms with Crippen molar-refractivity contribution in [2.75, 3.05) is 0 Å². The monoisotopic (exact) mass is 115 g/mol. The molecule has 2 saturated carbocycles. The number of alkyl halides is 1. The Morgan fingerprint density at radius 3 is 2.38 bits per heavy atom. The van der Waals surface area contributed by atoms with E-state index in [1.165, 1.54) is 6.42 Å². The molecular weight excluding hydrogens is 105 g/mol. The second-order valence-corrected chi connectivity index (χ2v) is 2.99. The molecule has 2 N–H and O–H groups in total. The minimum absolute atomic E-state index is 0.111. The fourth-order valence-corrected chi connectivity index (χ4v) is 1.73. The van der Waals surface area contributed by atoms with E-state index in [9.17, 15) is 4.39 Å². The van der Waals surface area contributed by atoms with E-state index in [-0.39, 0.29) is 6.04 Å². The zero-order valence-corrected chi connectivity index (χ0v) is 4.68. The molecule has 0 saturated heterocycles. The first-order valence-corrected chi connectivity index (χ1v) is 3.18. The summed E-state index contributed by atoms with van der Waals surface area (Å²) < 4.78 is 12.5. The lowest BCUT2D eigenvalue weighted by Crippen LogP contribution is -2.29. The Morgan fingerprint density at radius 1 is 1.38 bits per heavy atom. The maximum atomic E-state index is 12.5. The summed E-state index contributed by atoms with van der Waals surface area (Å²) in [6.45, 7) is 0. The quantitative estimate of drug-likeness (QED) is 0.494. The Labute approximate surface area is 48.1 Å². The minimum atomic E-state index is -0.682. The molecule has 2 rings (SSSR count). The summed E-state index contributed by atoms with van der Waals surface area (Å²) in [5.74, 6) is 1.23. The van der Waals surface area contributed by atoms with Gasteiger partial charge < -0.3 is 5.73 Å². The number of fused-ring (bicyclic) bond motifs is 1. The van der Waals surface area contributed by atoms with Gasteiger partial charge in [0.25, 0.3) is 0 Å². The molecule has 4 atom stereocenters. The lowest BCUT2D eigenvalue weighted by molar-refractivity contribution is 0.284. The fourth-order valence-electron chi connectivity index (χ4n) is 1.73. The van der Waals surface area contributed by atoms with Crippen LogP contribution in [0.3, 0.4) is 0 Å². The molecule has 2 aliphatic carbocycles. The Balaban J connectivity index is 2.08. The first-order chi connectivity index (χ1) is 3.79. The van der Waals surface area contributed by atoms with Crippen LogP contribution in [-0.2, 0) is 0 Å². The van der Waals surface area contributed by atoms with Crippen LogP contribution in [0.25, 0.3) is 0 Å². The van der Waals surface area contributed by atoms with Crippen molar-refractivity contribution in [2.45, 2.75) is 25.1 Å². The predicted octanol–water partition coefficient (Wildman–Crippen LogP) is 0.692. The van der Waals surface area contributed by atoms with Crippen molar-refractivity contribution in [3.05, 3.63) is 0 Å². The van der Waals surface area contributed by atoms with Gasteiger partial charge in [-0.3, -0.25) is 0 Å². The average Bonchev–Trinajstić information content (AvgIpc) is 2.39. The first kappa shape index (κ1) is 4.74. The van der Waals surface area contributed by atoms with Crippen LogP contribution >= 0.6 is 0 Å². The normalized spacial score (nSPS) is 60.8. The van der Waals surface area contributed by atoms with Crippen LogP contribution in [0.1, 0.15) is 12.8 Å². The third-order valence-corrected chi connectivity index (χ3v) is 2.42. The number of rotatable bonds is 0. The van der Waals surface area contributed by atoms with Gasteiger partial charge >= 0.3 is 0 Å². The molecule has 8 heavy (non-hydrogen) atoms. The summed E-state index contributed by atoms with van der Waals surface area (Å²) in [6.07, 6.45) is 1.26. The molecule has 1 nitrogen and oxygen atoms in total. The molecule has 0 amide bonds. The van der Waals surface area contributed by atoms with Gasteiger partial charge in [-0.15, -0.1) is 0 Å². The second-order valence-electron chi connectivity index (χ2n) is 2.99. The van der Waals surface area contributed by atoms with Crippen molar-refractivity contribution < 1.29 is 4.39 Å². The predicted molar refractivity (Wildman–Crippen MR) is 29.1 cm³/mol. The van der Waals surface area contributed by atoms with Gasteiger partial charge in [0.15, 0.2) is 0 Å². The van der Waals surface area contributed by atoms with E-state index < -0.39 is 6.17 Å². The van der Waals surface area contributed by atoms with Gasteiger partial charge in [0, 0.05) is 6.04 Å². The van der Waals surface area contributed by atoms with Crippen LogP contribution in [0, 0.1) is 11.8 Å². The molecule has 2 heteroatoms.